The highest BCUT2D eigenvalue weighted by Crippen LogP contribution is 2.44. The van der Waals surface area contributed by atoms with Crippen LogP contribution in [0.2, 0.25) is 0 Å². The average Bonchev–Trinajstić information content (AvgIpc) is 2.75. The predicted octanol–water partition coefficient (Wildman–Crippen LogP) is 4.43. The van der Waals surface area contributed by atoms with E-state index < -0.39 is 7.29 Å². The molecule has 2 atom stereocenters. The molecule has 0 aliphatic heterocycles. The molecular formula is C24H26NO2P. The summed E-state index contributed by atoms with van der Waals surface area (Å²) in [5.41, 5.74) is 1.81. The molecule has 0 saturated heterocycles. The Balaban J connectivity index is 2.13. The van der Waals surface area contributed by atoms with Crippen molar-refractivity contribution in [3.63, 3.8) is 0 Å². The minimum absolute atomic E-state index is 0.0779. The van der Waals surface area contributed by atoms with E-state index in [4.69, 9.17) is 0 Å². The highest BCUT2D eigenvalue weighted by molar-refractivity contribution is 7.76. The lowest BCUT2D eigenvalue weighted by Crippen LogP contribution is -2.35. The Labute approximate surface area is 167 Å². The standard InChI is InChI=1S/C24H26NO2P/c1-19(2)23(18-26)24(20-12-6-3-7-13-20)25-28(27,21-14-8-4-9-15-21)22-16-10-5-11-17-22/h3-17,23-24,26H,1,18H2,2H3,(H,25,27). The van der Waals surface area contributed by atoms with E-state index in [0.717, 1.165) is 21.7 Å². The molecule has 0 heterocycles. The zero-order valence-electron chi connectivity index (χ0n) is 16.0. The fourth-order valence-electron chi connectivity index (χ4n) is 3.37. The molecule has 3 aromatic rings. The van der Waals surface area contributed by atoms with E-state index in [2.05, 4.69) is 11.7 Å². The first-order chi connectivity index (χ1) is 13.6. The first kappa shape index (κ1) is 20.3. The molecule has 0 spiro atoms. The van der Waals surface area contributed by atoms with Gasteiger partial charge in [0.1, 0.15) is 0 Å². The smallest absolute Gasteiger partial charge is 0.205 e. The molecule has 144 valence electrons. The van der Waals surface area contributed by atoms with E-state index in [1.807, 2.05) is 97.9 Å². The summed E-state index contributed by atoms with van der Waals surface area (Å²) in [5.74, 6) is -0.261. The van der Waals surface area contributed by atoms with Gasteiger partial charge in [-0.15, -0.1) is 0 Å². The van der Waals surface area contributed by atoms with E-state index in [1.165, 1.54) is 0 Å². The molecule has 3 aromatic carbocycles. The summed E-state index contributed by atoms with van der Waals surface area (Å²) in [7, 11) is -3.15. The van der Waals surface area contributed by atoms with Gasteiger partial charge in [-0.1, -0.05) is 78.9 Å². The van der Waals surface area contributed by atoms with Crippen LogP contribution in [0.25, 0.3) is 0 Å². The van der Waals surface area contributed by atoms with Crippen molar-refractivity contribution in [1.82, 2.24) is 5.09 Å². The van der Waals surface area contributed by atoms with Crippen LogP contribution >= 0.6 is 7.29 Å². The molecule has 2 N–H and O–H groups in total. The molecule has 0 saturated carbocycles. The minimum Gasteiger partial charge on any atom is -0.396 e. The molecule has 3 rings (SSSR count). The third kappa shape index (κ3) is 4.34. The molecule has 28 heavy (non-hydrogen) atoms. The lowest BCUT2D eigenvalue weighted by Gasteiger charge is -2.32. The molecule has 0 aromatic heterocycles. The highest BCUT2D eigenvalue weighted by Gasteiger charge is 2.34. The van der Waals surface area contributed by atoms with Crippen molar-refractivity contribution in [1.29, 1.82) is 0 Å². The van der Waals surface area contributed by atoms with Crippen molar-refractivity contribution in [2.24, 2.45) is 5.92 Å². The van der Waals surface area contributed by atoms with Gasteiger partial charge >= 0.3 is 0 Å². The summed E-state index contributed by atoms with van der Waals surface area (Å²) < 4.78 is 14.4. The van der Waals surface area contributed by atoms with Crippen LogP contribution in [0.4, 0.5) is 0 Å². The third-order valence-corrected chi connectivity index (χ3v) is 7.64. The maximum absolute atomic E-state index is 14.4. The van der Waals surface area contributed by atoms with Crippen molar-refractivity contribution in [2.45, 2.75) is 13.0 Å². The summed E-state index contributed by atoms with van der Waals surface area (Å²) in [4.78, 5) is 0. The number of hydrogen-bond donors (Lipinski definition) is 2. The Morgan fingerprint density at radius 3 is 1.71 bits per heavy atom. The van der Waals surface area contributed by atoms with Gasteiger partial charge in [-0.2, -0.15) is 0 Å². The third-order valence-electron chi connectivity index (χ3n) is 4.95. The predicted molar refractivity (Wildman–Crippen MR) is 117 cm³/mol. The lowest BCUT2D eigenvalue weighted by atomic mass is 9.89. The van der Waals surface area contributed by atoms with Crippen LogP contribution < -0.4 is 15.7 Å². The summed E-state index contributed by atoms with van der Waals surface area (Å²) in [6.45, 7) is 5.88. The van der Waals surface area contributed by atoms with E-state index in [1.54, 1.807) is 0 Å². The number of rotatable bonds is 8. The van der Waals surface area contributed by atoms with Crippen LogP contribution in [0.15, 0.2) is 103 Å². The SMILES string of the molecule is C=C(C)C(CO)C(NP(=O)(c1ccccc1)c1ccccc1)c1ccccc1. The van der Waals surface area contributed by atoms with Crippen LogP contribution in [0.5, 0.6) is 0 Å². The topological polar surface area (TPSA) is 49.3 Å². The summed E-state index contributed by atoms with van der Waals surface area (Å²) in [5, 5.41) is 15.0. The lowest BCUT2D eigenvalue weighted by molar-refractivity contribution is 0.222. The van der Waals surface area contributed by atoms with Crippen LogP contribution in [0.1, 0.15) is 18.5 Å². The van der Waals surface area contributed by atoms with Gasteiger partial charge < -0.3 is 5.11 Å². The molecular weight excluding hydrogens is 365 g/mol. The zero-order valence-corrected chi connectivity index (χ0v) is 16.9. The van der Waals surface area contributed by atoms with E-state index >= 15 is 0 Å². The maximum Gasteiger partial charge on any atom is 0.205 e. The number of benzene rings is 3. The molecule has 4 heteroatoms. The molecule has 0 bridgehead atoms. The van der Waals surface area contributed by atoms with Gasteiger partial charge in [0.15, 0.2) is 0 Å². The quantitative estimate of drug-likeness (QED) is 0.441. The van der Waals surface area contributed by atoms with Crippen molar-refractivity contribution in [3.8, 4) is 0 Å². The second kappa shape index (κ2) is 9.16. The van der Waals surface area contributed by atoms with Gasteiger partial charge in [0, 0.05) is 22.6 Å². The Kier molecular flexibility index (Phi) is 6.64. The molecule has 2 unspecified atom stereocenters. The van der Waals surface area contributed by atoms with Crippen LogP contribution in [-0.2, 0) is 4.57 Å². The first-order valence-corrected chi connectivity index (χ1v) is 11.1. The highest BCUT2D eigenvalue weighted by atomic mass is 31.2. The Morgan fingerprint density at radius 1 is 0.893 bits per heavy atom. The van der Waals surface area contributed by atoms with Crippen LogP contribution in [0.3, 0.4) is 0 Å². The van der Waals surface area contributed by atoms with Crippen LogP contribution in [0, 0.1) is 5.92 Å². The molecule has 0 aliphatic carbocycles. The fraction of sp³-hybridized carbons (Fsp3) is 0.167. The second-order valence-electron chi connectivity index (χ2n) is 6.93. The van der Waals surface area contributed by atoms with Gasteiger partial charge in [0.25, 0.3) is 0 Å². The normalized spacial score (nSPS) is 13.6. The average molecular weight is 391 g/mol. The van der Waals surface area contributed by atoms with Crippen molar-refractivity contribution >= 4 is 17.9 Å². The Hall–Kier alpha value is -2.45. The van der Waals surface area contributed by atoms with Gasteiger partial charge in [-0.05, 0) is 36.8 Å². The summed E-state index contributed by atoms with van der Waals surface area (Å²) >= 11 is 0. The van der Waals surface area contributed by atoms with Gasteiger partial charge in [-0.3, -0.25) is 9.65 Å². The van der Waals surface area contributed by atoms with Crippen molar-refractivity contribution < 1.29 is 9.67 Å². The van der Waals surface area contributed by atoms with Crippen molar-refractivity contribution in [3.05, 3.63) is 109 Å². The molecule has 0 aliphatic rings. The van der Waals surface area contributed by atoms with Crippen molar-refractivity contribution in [2.75, 3.05) is 6.61 Å². The number of hydrogen-bond acceptors (Lipinski definition) is 2. The fourth-order valence-corrected chi connectivity index (χ4v) is 5.87. The largest absolute Gasteiger partial charge is 0.396 e. The van der Waals surface area contributed by atoms with Gasteiger partial charge in [0.05, 0.1) is 6.61 Å². The molecule has 0 amide bonds. The Bertz CT molecular complexity index is 899. The number of nitrogens with one attached hydrogen (secondary N) is 1. The van der Waals surface area contributed by atoms with Crippen LogP contribution in [-0.4, -0.2) is 11.7 Å². The number of aliphatic hydroxyl groups excluding tert-OH is 1. The van der Waals surface area contributed by atoms with E-state index in [-0.39, 0.29) is 18.6 Å². The van der Waals surface area contributed by atoms with Gasteiger partial charge in [0.2, 0.25) is 7.29 Å². The monoisotopic (exact) mass is 391 g/mol. The van der Waals surface area contributed by atoms with Gasteiger partial charge in [-0.25, -0.2) is 0 Å². The maximum atomic E-state index is 14.4. The number of aliphatic hydroxyl groups is 1. The first-order valence-electron chi connectivity index (χ1n) is 9.36. The van der Waals surface area contributed by atoms with E-state index in [9.17, 15) is 9.67 Å². The molecule has 3 nitrogen and oxygen atoms in total. The minimum atomic E-state index is -3.15. The second-order valence-corrected chi connectivity index (χ2v) is 9.44. The summed E-state index contributed by atoms with van der Waals surface area (Å²) in [6.07, 6.45) is 0. The molecule has 0 fully saturated rings. The Morgan fingerprint density at radius 2 is 1.32 bits per heavy atom. The summed E-state index contributed by atoms with van der Waals surface area (Å²) in [6, 6.07) is 28.4. The molecule has 0 radical (unpaired) electrons. The van der Waals surface area contributed by atoms with E-state index in [0.29, 0.717) is 0 Å². The zero-order chi connectivity index (χ0) is 20.0.